The van der Waals surface area contributed by atoms with Crippen molar-refractivity contribution in [1.29, 1.82) is 0 Å². The number of carbonyl (C=O) groups excluding carboxylic acids is 1. The molecule has 0 fully saturated rings. The highest BCUT2D eigenvalue weighted by atomic mass is 79.9. The number of aromatic nitrogens is 2. The number of hydrogen-bond donors (Lipinski definition) is 1. The van der Waals surface area contributed by atoms with Crippen molar-refractivity contribution in [2.45, 2.75) is 26.7 Å². The van der Waals surface area contributed by atoms with Crippen molar-refractivity contribution in [1.82, 2.24) is 15.5 Å². The topological polar surface area (TPSA) is 54.9 Å². The van der Waals surface area contributed by atoms with Gasteiger partial charge in [0.25, 0.3) is 5.91 Å². The van der Waals surface area contributed by atoms with E-state index in [0.717, 1.165) is 18.2 Å². The first kappa shape index (κ1) is 14.1. The normalized spacial score (nSPS) is 11.2. The molecule has 1 aromatic heterocycles. The molecule has 1 aromatic rings. The highest BCUT2D eigenvalue weighted by Gasteiger charge is 2.25. The smallest absolute Gasteiger partial charge is 0.252 e. The van der Waals surface area contributed by atoms with Crippen LogP contribution in [0.1, 0.15) is 37.0 Å². The molecule has 1 amide bonds. The second-order valence-corrected chi connectivity index (χ2v) is 4.72. The second-order valence-electron chi connectivity index (χ2n) is 4.15. The monoisotopic (exact) mass is 299 g/mol. The molecule has 0 bridgehead atoms. The van der Waals surface area contributed by atoms with Crippen LogP contribution in [0.5, 0.6) is 0 Å². The molecule has 0 atom stereocenters. The molecule has 0 spiro atoms. The van der Waals surface area contributed by atoms with Crippen LogP contribution in [-0.4, -0.2) is 28.0 Å². The molecule has 94 valence electrons. The lowest BCUT2D eigenvalue weighted by Gasteiger charge is -2.29. The van der Waals surface area contributed by atoms with Gasteiger partial charge in [0.2, 0.25) is 0 Å². The van der Waals surface area contributed by atoms with Gasteiger partial charge in [0, 0.05) is 11.9 Å². The average Bonchev–Trinajstić information content (AvgIpc) is 2.41. The summed E-state index contributed by atoms with van der Waals surface area (Å²) in [5.41, 5.74) is 0.687. The van der Waals surface area contributed by atoms with E-state index >= 15 is 0 Å². The number of alkyl halides is 1. The van der Waals surface area contributed by atoms with Gasteiger partial charge in [-0.25, -0.2) is 0 Å². The maximum atomic E-state index is 11.8. The van der Waals surface area contributed by atoms with Crippen molar-refractivity contribution >= 4 is 21.8 Å². The van der Waals surface area contributed by atoms with Crippen molar-refractivity contribution in [3.05, 3.63) is 24.0 Å². The summed E-state index contributed by atoms with van der Waals surface area (Å²) in [5.74, 6) is -0.0906. The largest absolute Gasteiger partial charge is 0.351 e. The molecule has 0 unspecified atom stereocenters. The van der Waals surface area contributed by atoms with Crippen molar-refractivity contribution in [2.75, 3.05) is 11.9 Å². The Morgan fingerprint density at radius 2 is 2.12 bits per heavy atom. The molecular weight excluding hydrogens is 282 g/mol. The first-order valence-electron chi connectivity index (χ1n) is 5.78. The first-order valence-corrected chi connectivity index (χ1v) is 6.90. The minimum atomic E-state index is -0.0906. The standard InChI is InChI=1S/C12H18BrN3O/c1-3-12(4-2,8-13)9-14-11(17)10-5-6-15-16-7-10/h5-7H,3-4,8-9H2,1-2H3,(H,14,17). The number of hydrogen-bond acceptors (Lipinski definition) is 3. The van der Waals surface area contributed by atoms with Gasteiger partial charge in [-0.2, -0.15) is 10.2 Å². The van der Waals surface area contributed by atoms with Crippen LogP contribution in [0.2, 0.25) is 0 Å². The zero-order valence-corrected chi connectivity index (χ0v) is 11.8. The second kappa shape index (κ2) is 6.69. The lowest BCUT2D eigenvalue weighted by atomic mass is 9.84. The van der Waals surface area contributed by atoms with Gasteiger partial charge in [0.05, 0.1) is 18.0 Å². The maximum absolute atomic E-state index is 11.8. The highest BCUT2D eigenvalue weighted by molar-refractivity contribution is 9.09. The lowest BCUT2D eigenvalue weighted by molar-refractivity contribution is 0.0932. The fourth-order valence-electron chi connectivity index (χ4n) is 1.53. The average molecular weight is 300 g/mol. The summed E-state index contributed by atoms with van der Waals surface area (Å²) in [7, 11) is 0. The molecule has 17 heavy (non-hydrogen) atoms. The summed E-state index contributed by atoms with van der Waals surface area (Å²) in [6.07, 6.45) is 5.06. The minimum Gasteiger partial charge on any atom is -0.351 e. The summed E-state index contributed by atoms with van der Waals surface area (Å²) in [6, 6.07) is 1.66. The summed E-state index contributed by atoms with van der Waals surface area (Å²) >= 11 is 3.53. The van der Waals surface area contributed by atoms with Gasteiger partial charge in [-0.05, 0) is 24.3 Å². The van der Waals surface area contributed by atoms with Gasteiger partial charge in [-0.1, -0.05) is 29.8 Å². The lowest BCUT2D eigenvalue weighted by Crippen LogP contribution is -2.38. The Kier molecular flexibility index (Phi) is 5.55. The Labute approximate surface area is 110 Å². The Balaban J connectivity index is 2.59. The van der Waals surface area contributed by atoms with Gasteiger partial charge in [0.15, 0.2) is 0 Å². The molecule has 0 aliphatic heterocycles. The Morgan fingerprint density at radius 3 is 2.59 bits per heavy atom. The van der Waals surface area contributed by atoms with Crippen LogP contribution < -0.4 is 5.32 Å². The number of nitrogens with zero attached hydrogens (tertiary/aromatic N) is 2. The van der Waals surface area contributed by atoms with E-state index in [1.165, 1.54) is 12.4 Å². The third kappa shape index (κ3) is 3.77. The number of amides is 1. The SMILES string of the molecule is CCC(CC)(CBr)CNC(=O)c1ccnnc1. The molecule has 0 aliphatic carbocycles. The molecule has 0 saturated heterocycles. The predicted molar refractivity (Wildman–Crippen MR) is 71.2 cm³/mol. The van der Waals surface area contributed by atoms with E-state index in [9.17, 15) is 4.79 Å². The number of nitrogens with one attached hydrogen (secondary N) is 1. The predicted octanol–water partition coefficient (Wildman–Crippen LogP) is 2.41. The van der Waals surface area contributed by atoms with Crippen LogP contribution in [0.3, 0.4) is 0 Å². The van der Waals surface area contributed by atoms with Crippen molar-refractivity contribution in [2.24, 2.45) is 5.41 Å². The van der Waals surface area contributed by atoms with Crippen molar-refractivity contribution < 1.29 is 4.79 Å². The quantitative estimate of drug-likeness (QED) is 0.821. The summed E-state index contributed by atoms with van der Waals surface area (Å²) in [5, 5.41) is 11.2. The Morgan fingerprint density at radius 1 is 1.41 bits per heavy atom. The molecular formula is C12H18BrN3O. The van der Waals surface area contributed by atoms with Crippen molar-refractivity contribution in [3.63, 3.8) is 0 Å². The van der Waals surface area contributed by atoms with Crippen LogP contribution in [-0.2, 0) is 0 Å². The Hall–Kier alpha value is -0.970. The third-order valence-electron chi connectivity index (χ3n) is 3.25. The van der Waals surface area contributed by atoms with Gasteiger partial charge in [-0.3, -0.25) is 4.79 Å². The molecule has 0 saturated carbocycles. The van der Waals surface area contributed by atoms with E-state index in [1.54, 1.807) is 6.07 Å². The zero-order chi connectivity index (χ0) is 12.7. The van der Waals surface area contributed by atoms with Crippen LogP contribution in [0.15, 0.2) is 18.5 Å². The van der Waals surface area contributed by atoms with Crippen molar-refractivity contribution in [3.8, 4) is 0 Å². The van der Waals surface area contributed by atoms with E-state index in [2.05, 4.69) is 45.3 Å². The number of carbonyl (C=O) groups is 1. The van der Waals surface area contributed by atoms with Crippen LogP contribution in [0, 0.1) is 5.41 Å². The van der Waals surface area contributed by atoms with E-state index in [0.29, 0.717) is 12.1 Å². The van der Waals surface area contributed by atoms with E-state index in [1.807, 2.05) is 0 Å². The number of rotatable bonds is 6. The molecule has 4 nitrogen and oxygen atoms in total. The van der Waals surface area contributed by atoms with Gasteiger partial charge < -0.3 is 5.32 Å². The van der Waals surface area contributed by atoms with Gasteiger partial charge in [0.1, 0.15) is 0 Å². The summed E-state index contributed by atoms with van der Waals surface area (Å²) in [6.45, 7) is 4.96. The molecule has 0 aromatic carbocycles. The highest BCUT2D eigenvalue weighted by Crippen LogP contribution is 2.27. The van der Waals surface area contributed by atoms with Gasteiger partial charge >= 0.3 is 0 Å². The Bertz CT molecular complexity index is 344. The maximum Gasteiger partial charge on any atom is 0.252 e. The molecule has 5 heteroatoms. The molecule has 1 rings (SSSR count). The molecule has 0 aliphatic rings. The van der Waals surface area contributed by atoms with Crippen LogP contribution >= 0.6 is 15.9 Å². The molecule has 0 radical (unpaired) electrons. The van der Waals surface area contributed by atoms with Crippen LogP contribution in [0.25, 0.3) is 0 Å². The number of halogens is 1. The fourth-order valence-corrected chi connectivity index (χ4v) is 2.52. The summed E-state index contributed by atoms with van der Waals surface area (Å²) < 4.78 is 0. The molecule has 1 N–H and O–H groups in total. The molecule has 1 heterocycles. The zero-order valence-electron chi connectivity index (χ0n) is 10.2. The van der Waals surface area contributed by atoms with E-state index < -0.39 is 0 Å². The van der Waals surface area contributed by atoms with E-state index in [4.69, 9.17) is 0 Å². The fraction of sp³-hybridized carbons (Fsp3) is 0.583. The first-order chi connectivity index (χ1) is 8.17. The van der Waals surface area contributed by atoms with Crippen LogP contribution in [0.4, 0.5) is 0 Å². The summed E-state index contributed by atoms with van der Waals surface area (Å²) in [4.78, 5) is 11.8. The van der Waals surface area contributed by atoms with Gasteiger partial charge in [-0.15, -0.1) is 0 Å². The minimum absolute atomic E-state index is 0.0906. The van der Waals surface area contributed by atoms with E-state index in [-0.39, 0.29) is 11.3 Å². The third-order valence-corrected chi connectivity index (χ3v) is 4.44.